The number of aromatic nitrogens is 4. The highest BCUT2D eigenvalue weighted by atomic mass is 19.1. The zero-order valence-corrected chi connectivity index (χ0v) is 15.5. The second kappa shape index (κ2) is 7.53. The number of amides is 1. The zero-order valence-electron chi connectivity index (χ0n) is 15.5. The number of imidazole rings is 1. The third-order valence-corrected chi connectivity index (χ3v) is 4.13. The fraction of sp³-hybridized carbons (Fsp3) is 0.263. The van der Waals surface area contributed by atoms with Crippen molar-refractivity contribution in [3.8, 4) is 11.7 Å². The number of ether oxygens (including phenoxy) is 1. The van der Waals surface area contributed by atoms with Gasteiger partial charge < -0.3 is 10.1 Å². The first-order valence-electron chi connectivity index (χ1n) is 8.44. The molecule has 140 valence electrons. The van der Waals surface area contributed by atoms with E-state index in [0.717, 1.165) is 17.2 Å². The number of halogens is 1. The third kappa shape index (κ3) is 3.94. The molecular formula is C19H20FN5O2. The number of benzene rings is 1. The monoisotopic (exact) mass is 369 g/mol. The molecule has 1 N–H and O–H groups in total. The highest BCUT2D eigenvalue weighted by molar-refractivity contribution is 5.93. The molecule has 1 atom stereocenters. The maximum atomic E-state index is 13.6. The topological polar surface area (TPSA) is 81.9 Å². The molecule has 0 bridgehead atoms. The molecule has 27 heavy (non-hydrogen) atoms. The molecule has 8 heteroatoms. The van der Waals surface area contributed by atoms with Crippen molar-refractivity contribution in [2.75, 3.05) is 5.32 Å². The minimum absolute atomic E-state index is 0.0215. The Labute approximate surface area is 156 Å². The smallest absolute Gasteiger partial charge is 0.265 e. The van der Waals surface area contributed by atoms with Crippen molar-refractivity contribution >= 4 is 11.6 Å². The predicted octanol–water partition coefficient (Wildman–Crippen LogP) is 3.13. The first-order valence-corrected chi connectivity index (χ1v) is 8.44. The number of hydrogen-bond donors (Lipinski definition) is 1. The van der Waals surface area contributed by atoms with Gasteiger partial charge in [0.1, 0.15) is 5.82 Å². The first-order chi connectivity index (χ1) is 12.9. The molecule has 3 rings (SSSR count). The van der Waals surface area contributed by atoms with Crippen LogP contribution in [0.3, 0.4) is 0 Å². The van der Waals surface area contributed by atoms with Crippen LogP contribution in [0.1, 0.15) is 24.1 Å². The van der Waals surface area contributed by atoms with E-state index in [1.165, 1.54) is 31.5 Å². The number of rotatable bonds is 5. The van der Waals surface area contributed by atoms with Crippen LogP contribution in [0, 0.1) is 26.6 Å². The molecule has 1 aromatic carbocycles. The lowest BCUT2D eigenvalue weighted by Gasteiger charge is -2.15. The van der Waals surface area contributed by atoms with Crippen molar-refractivity contribution in [2.24, 2.45) is 0 Å². The summed E-state index contributed by atoms with van der Waals surface area (Å²) < 4.78 is 20.8. The van der Waals surface area contributed by atoms with Gasteiger partial charge >= 0.3 is 0 Å². The number of carbonyl (C=O) groups is 1. The Morgan fingerprint density at radius 3 is 2.44 bits per heavy atom. The number of hydrogen-bond acceptors (Lipinski definition) is 5. The van der Waals surface area contributed by atoms with Crippen LogP contribution in [-0.4, -0.2) is 31.5 Å². The van der Waals surface area contributed by atoms with E-state index in [1.807, 2.05) is 25.3 Å². The van der Waals surface area contributed by atoms with Crippen LogP contribution >= 0.6 is 0 Å². The van der Waals surface area contributed by atoms with Crippen LogP contribution in [0.5, 0.6) is 5.75 Å². The van der Waals surface area contributed by atoms with Crippen molar-refractivity contribution in [2.45, 2.75) is 33.8 Å². The predicted molar refractivity (Wildman–Crippen MR) is 98.5 cm³/mol. The van der Waals surface area contributed by atoms with Gasteiger partial charge in [-0.25, -0.2) is 19.3 Å². The van der Waals surface area contributed by atoms with Crippen molar-refractivity contribution in [3.05, 3.63) is 59.7 Å². The fourth-order valence-electron chi connectivity index (χ4n) is 2.60. The number of carbonyl (C=O) groups excluding carboxylic acids is 1. The molecule has 2 aromatic heterocycles. The van der Waals surface area contributed by atoms with E-state index in [9.17, 15) is 9.18 Å². The quantitative estimate of drug-likeness (QED) is 0.747. The molecule has 0 spiro atoms. The SMILES string of the molecule is Cc1nc(C)n(-c2ncc(NC(=O)C(C)Oc3ccccc3F)cn2)c1C. The number of para-hydroxylation sites is 1. The Bertz CT molecular complexity index is 969. The summed E-state index contributed by atoms with van der Waals surface area (Å²) in [5.41, 5.74) is 2.28. The van der Waals surface area contributed by atoms with E-state index in [0.29, 0.717) is 11.6 Å². The Morgan fingerprint density at radius 2 is 1.85 bits per heavy atom. The van der Waals surface area contributed by atoms with Gasteiger partial charge in [-0.05, 0) is 39.8 Å². The molecule has 0 radical (unpaired) electrons. The second-order valence-corrected chi connectivity index (χ2v) is 6.12. The molecule has 0 fully saturated rings. The second-order valence-electron chi connectivity index (χ2n) is 6.12. The lowest BCUT2D eigenvalue weighted by molar-refractivity contribution is -0.122. The van der Waals surface area contributed by atoms with Gasteiger partial charge in [0.15, 0.2) is 17.7 Å². The Balaban J connectivity index is 1.69. The maximum Gasteiger partial charge on any atom is 0.265 e. The number of aryl methyl sites for hydroxylation is 2. The standard InChI is InChI=1S/C19H20FN5O2/c1-11-12(2)25(14(4)23-11)19-21-9-15(10-22-19)24-18(26)13(3)27-17-8-6-5-7-16(17)20/h5-10,13H,1-4H3,(H,24,26). The average molecular weight is 369 g/mol. The highest BCUT2D eigenvalue weighted by Gasteiger charge is 2.17. The van der Waals surface area contributed by atoms with E-state index in [2.05, 4.69) is 20.3 Å². The van der Waals surface area contributed by atoms with Crippen molar-refractivity contribution < 1.29 is 13.9 Å². The van der Waals surface area contributed by atoms with Crippen LogP contribution in [-0.2, 0) is 4.79 Å². The van der Waals surface area contributed by atoms with Gasteiger partial charge in [0.2, 0.25) is 5.95 Å². The molecule has 7 nitrogen and oxygen atoms in total. The van der Waals surface area contributed by atoms with Gasteiger partial charge in [-0.2, -0.15) is 0 Å². The average Bonchev–Trinajstić information content (AvgIpc) is 2.90. The summed E-state index contributed by atoms with van der Waals surface area (Å²) in [5.74, 6) is 0.327. The normalized spacial score (nSPS) is 11.9. The zero-order chi connectivity index (χ0) is 19.6. The summed E-state index contributed by atoms with van der Waals surface area (Å²) in [6.07, 6.45) is 2.12. The van der Waals surface area contributed by atoms with Crippen molar-refractivity contribution in [1.29, 1.82) is 0 Å². The molecule has 1 amide bonds. The number of nitrogens with zero attached hydrogens (tertiary/aromatic N) is 4. The molecule has 0 aliphatic rings. The molecule has 2 heterocycles. The van der Waals surface area contributed by atoms with Crippen LogP contribution in [0.15, 0.2) is 36.7 Å². The Hall–Kier alpha value is -3.29. The molecule has 1 unspecified atom stereocenters. The Morgan fingerprint density at radius 1 is 1.19 bits per heavy atom. The summed E-state index contributed by atoms with van der Waals surface area (Å²) in [7, 11) is 0. The molecule has 0 saturated heterocycles. The lowest BCUT2D eigenvalue weighted by atomic mass is 10.3. The van der Waals surface area contributed by atoms with Crippen molar-refractivity contribution in [3.63, 3.8) is 0 Å². The van der Waals surface area contributed by atoms with Gasteiger partial charge in [0, 0.05) is 5.69 Å². The third-order valence-electron chi connectivity index (χ3n) is 4.13. The van der Waals surface area contributed by atoms with Gasteiger partial charge in [-0.15, -0.1) is 0 Å². The van der Waals surface area contributed by atoms with Crippen molar-refractivity contribution in [1.82, 2.24) is 19.5 Å². The van der Waals surface area contributed by atoms with E-state index in [1.54, 1.807) is 12.1 Å². The molecule has 3 aromatic rings. The highest BCUT2D eigenvalue weighted by Crippen LogP contribution is 2.18. The Kier molecular flexibility index (Phi) is 5.16. The summed E-state index contributed by atoms with van der Waals surface area (Å²) in [4.78, 5) is 25.2. The van der Waals surface area contributed by atoms with E-state index in [-0.39, 0.29) is 5.75 Å². The molecular weight excluding hydrogens is 349 g/mol. The van der Waals surface area contributed by atoms with E-state index < -0.39 is 17.8 Å². The summed E-state index contributed by atoms with van der Waals surface area (Å²) >= 11 is 0. The minimum atomic E-state index is -0.887. The minimum Gasteiger partial charge on any atom is -0.478 e. The summed E-state index contributed by atoms with van der Waals surface area (Å²) in [6.45, 7) is 7.28. The molecule has 0 aliphatic carbocycles. The fourth-order valence-corrected chi connectivity index (χ4v) is 2.60. The van der Waals surface area contributed by atoms with E-state index in [4.69, 9.17) is 4.74 Å². The van der Waals surface area contributed by atoms with Crippen LogP contribution in [0.4, 0.5) is 10.1 Å². The number of anilines is 1. The molecule has 0 aliphatic heterocycles. The van der Waals surface area contributed by atoms with E-state index >= 15 is 0 Å². The van der Waals surface area contributed by atoms with Gasteiger partial charge in [0.05, 0.1) is 23.8 Å². The lowest BCUT2D eigenvalue weighted by Crippen LogP contribution is -2.30. The summed E-state index contributed by atoms with van der Waals surface area (Å²) in [5, 5.41) is 2.66. The number of nitrogens with one attached hydrogen (secondary N) is 1. The largest absolute Gasteiger partial charge is 0.478 e. The van der Waals surface area contributed by atoms with Crippen LogP contribution in [0.2, 0.25) is 0 Å². The van der Waals surface area contributed by atoms with Gasteiger partial charge in [0.25, 0.3) is 5.91 Å². The summed E-state index contributed by atoms with van der Waals surface area (Å²) in [6, 6.07) is 5.93. The van der Waals surface area contributed by atoms with Gasteiger partial charge in [-0.3, -0.25) is 9.36 Å². The first kappa shape index (κ1) is 18.5. The maximum absolute atomic E-state index is 13.6. The van der Waals surface area contributed by atoms with Gasteiger partial charge in [-0.1, -0.05) is 12.1 Å². The van der Waals surface area contributed by atoms with Crippen LogP contribution < -0.4 is 10.1 Å². The molecule has 0 saturated carbocycles. The van der Waals surface area contributed by atoms with Crippen LogP contribution in [0.25, 0.3) is 5.95 Å².